The van der Waals surface area contributed by atoms with Gasteiger partial charge in [0.05, 0.1) is 5.71 Å². The van der Waals surface area contributed by atoms with Crippen molar-refractivity contribution in [1.29, 1.82) is 0 Å². The van der Waals surface area contributed by atoms with Crippen molar-refractivity contribution >= 4 is 27.5 Å². The molecule has 0 heterocycles. The molecule has 26 heavy (non-hydrogen) atoms. The van der Waals surface area contributed by atoms with E-state index in [0.717, 1.165) is 22.2 Å². The number of amides is 1. The van der Waals surface area contributed by atoms with Crippen molar-refractivity contribution < 1.29 is 4.79 Å². The first-order valence-corrected chi connectivity index (χ1v) is 9.75. The zero-order chi connectivity index (χ0) is 18.9. The standard InChI is InChI=1S/C22H25BrN2O/c1-14(16-6-5-7-18(23)12-16)24-25-21(26)20-13-19(20)15-8-10-17(11-9-15)22(2,3)4/h5-12,19-20H,13H2,1-4H3,(H,25,26)/b24-14+/t19-,20+/m0/s1. The number of hydrogen-bond acceptors (Lipinski definition) is 2. The van der Waals surface area contributed by atoms with Gasteiger partial charge in [-0.2, -0.15) is 5.10 Å². The van der Waals surface area contributed by atoms with E-state index in [4.69, 9.17) is 0 Å². The van der Waals surface area contributed by atoms with Crippen molar-refractivity contribution in [3.05, 3.63) is 69.7 Å². The molecule has 1 fully saturated rings. The van der Waals surface area contributed by atoms with Gasteiger partial charge in [-0.3, -0.25) is 4.79 Å². The van der Waals surface area contributed by atoms with E-state index in [1.54, 1.807) is 0 Å². The lowest BCUT2D eigenvalue weighted by Crippen LogP contribution is -2.21. The Hall–Kier alpha value is -1.94. The van der Waals surface area contributed by atoms with Gasteiger partial charge in [0.1, 0.15) is 0 Å². The van der Waals surface area contributed by atoms with Crippen molar-refractivity contribution in [2.24, 2.45) is 11.0 Å². The van der Waals surface area contributed by atoms with Crippen LogP contribution in [-0.2, 0) is 10.2 Å². The van der Waals surface area contributed by atoms with Gasteiger partial charge in [-0.1, -0.05) is 73.1 Å². The number of rotatable bonds is 4. The van der Waals surface area contributed by atoms with Gasteiger partial charge < -0.3 is 0 Å². The molecule has 2 atom stereocenters. The van der Waals surface area contributed by atoms with Crippen LogP contribution in [0.15, 0.2) is 58.1 Å². The molecule has 3 rings (SSSR count). The molecule has 1 aliphatic carbocycles. The Labute approximate surface area is 164 Å². The Morgan fingerprint density at radius 1 is 1.15 bits per heavy atom. The minimum absolute atomic E-state index is 0.00393. The van der Waals surface area contributed by atoms with E-state index in [1.165, 1.54) is 11.1 Å². The Morgan fingerprint density at radius 2 is 1.85 bits per heavy atom. The number of hydrazone groups is 1. The molecule has 1 saturated carbocycles. The second-order valence-electron chi connectivity index (χ2n) is 8.00. The van der Waals surface area contributed by atoms with Crippen molar-refractivity contribution in [3.63, 3.8) is 0 Å². The highest BCUT2D eigenvalue weighted by Gasteiger charge is 2.44. The van der Waals surface area contributed by atoms with Gasteiger partial charge in [0.2, 0.25) is 5.91 Å². The van der Waals surface area contributed by atoms with E-state index in [0.29, 0.717) is 5.92 Å². The Balaban J connectivity index is 1.60. The maximum atomic E-state index is 12.4. The highest BCUT2D eigenvalue weighted by molar-refractivity contribution is 9.10. The second kappa shape index (κ2) is 7.36. The predicted octanol–water partition coefficient (Wildman–Crippen LogP) is 5.39. The molecule has 0 radical (unpaired) electrons. The maximum absolute atomic E-state index is 12.4. The van der Waals surface area contributed by atoms with Gasteiger partial charge in [0, 0.05) is 10.4 Å². The Bertz CT molecular complexity index is 834. The summed E-state index contributed by atoms with van der Waals surface area (Å²) in [5, 5.41) is 4.27. The maximum Gasteiger partial charge on any atom is 0.243 e. The van der Waals surface area contributed by atoms with Gasteiger partial charge in [-0.25, -0.2) is 5.43 Å². The molecule has 0 bridgehead atoms. The third kappa shape index (κ3) is 4.42. The lowest BCUT2D eigenvalue weighted by molar-refractivity contribution is -0.122. The van der Waals surface area contributed by atoms with E-state index in [2.05, 4.69) is 71.5 Å². The molecule has 1 aliphatic rings. The van der Waals surface area contributed by atoms with Crippen LogP contribution in [0.3, 0.4) is 0 Å². The molecule has 2 aromatic rings. The minimum Gasteiger partial charge on any atom is -0.273 e. The molecule has 0 aliphatic heterocycles. The largest absolute Gasteiger partial charge is 0.273 e. The fourth-order valence-electron chi connectivity index (χ4n) is 3.08. The number of nitrogens with one attached hydrogen (secondary N) is 1. The van der Waals surface area contributed by atoms with Gasteiger partial charge in [-0.05, 0) is 53.5 Å². The number of carbonyl (C=O) groups excluding carboxylic acids is 1. The smallest absolute Gasteiger partial charge is 0.243 e. The zero-order valence-electron chi connectivity index (χ0n) is 15.7. The number of halogens is 1. The molecule has 2 aromatic carbocycles. The SMILES string of the molecule is C/C(=N\NC(=O)[C@@H]1C[C@H]1c1ccc(C(C)(C)C)cc1)c1cccc(Br)c1. The van der Waals surface area contributed by atoms with E-state index < -0.39 is 0 Å². The highest BCUT2D eigenvalue weighted by Crippen LogP contribution is 2.47. The monoisotopic (exact) mass is 412 g/mol. The number of hydrogen-bond donors (Lipinski definition) is 1. The summed E-state index contributed by atoms with van der Waals surface area (Å²) >= 11 is 3.45. The van der Waals surface area contributed by atoms with E-state index in [-0.39, 0.29) is 17.2 Å². The fourth-order valence-corrected chi connectivity index (χ4v) is 3.48. The summed E-state index contributed by atoms with van der Waals surface area (Å²) in [5.41, 5.74) is 7.23. The van der Waals surface area contributed by atoms with Crippen LogP contribution in [0, 0.1) is 5.92 Å². The zero-order valence-corrected chi connectivity index (χ0v) is 17.3. The molecule has 4 heteroatoms. The van der Waals surface area contributed by atoms with E-state index in [1.807, 2.05) is 31.2 Å². The Morgan fingerprint density at radius 3 is 2.46 bits per heavy atom. The van der Waals surface area contributed by atoms with Crippen LogP contribution in [-0.4, -0.2) is 11.6 Å². The summed E-state index contributed by atoms with van der Waals surface area (Å²) in [6.45, 7) is 8.53. The molecule has 1 N–H and O–H groups in total. The quantitative estimate of drug-likeness (QED) is 0.530. The van der Waals surface area contributed by atoms with Crippen LogP contribution < -0.4 is 5.43 Å². The molecule has 1 amide bonds. The molecular formula is C22H25BrN2O. The van der Waals surface area contributed by atoms with Gasteiger partial charge in [-0.15, -0.1) is 0 Å². The summed E-state index contributed by atoms with van der Waals surface area (Å²) in [7, 11) is 0. The first-order chi connectivity index (χ1) is 12.3. The molecular weight excluding hydrogens is 388 g/mol. The lowest BCUT2D eigenvalue weighted by atomic mass is 9.86. The van der Waals surface area contributed by atoms with Crippen LogP contribution in [0.25, 0.3) is 0 Å². The topological polar surface area (TPSA) is 41.5 Å². The minimum atomic E-state index is 0.00393. The molecule has 0 aromatic heterocycles. The fraction of sp³-hybridized carbons (Fsp3) is 0.364. The summed E-state index contributed by atoms with van der Waals surface area (Å²) < 4.78 is 0.997. The van der Waals surface area contributed by atoms with Crippen molar-refractivity contribution in [2.75, 3.05) is 0 Å². The second-order valence-corrected chi connectivity index (χ2v) is 8.92. The summed E-state index contributed by atoms with van der Waals surface area (Å²) in [4.78, 5) is 12.4. The summed E-state index contributed by atoms with van der Waals surface area (Å²) in [6.07, 6.45) is 0.895. The Kier molecular flexibility index (Phi) is 5.33. The first-order valence-electron chi connectivity index (χ1n) is 8.96. The summed E-state index contributed by atoms with van der Waals surface area (Å²) in [6, 6.07) is 16.6. The van der Waals surface area contributed by atoms with E-state index >= 15 is 0 Å². The molecule has 0 spiro atoms. The van der Waals surface area contributed by atoms with Crippen LogP contribution in [0.2, 0.25) is 0 Å². The normalized spacial score (nSPS) is 20.0. The molecule has 0 saturated heterocycles. The lowest BCUT2D eigenvalue weighted by Gasteiger charge is -2.19. The van der Waals surface area contributed by atoms with Crippen LogP contribution in [0.4, 0.5) is 0 Å². The van der Waals surface area contributed by atoms with Crippen LogP contribution in [0.5, 0.6) is 0 Å². The highest BCUT2D eigenvalue weighted by atomic mass is 79.9. The van der Waals surface area contributed by atoms with Crippen molar-refractivity contribution in [1.82, 2.24) is 5.43 Å². The number of nitrogens with zero attached hydrogens (tertiary/aromatic N) is 1. The number of benzene rings is 2. The van der Waals surface area contributed by atoms with Crippen molar-refractivity contribution in [2.45, 2.75) is 45.4 Å². The van der Waals surface area contributed by atoms with Gasteiger partial charge in [0.25, 0.3) is 0 Å². The average Bonchev–Trinajstić information content (AvgIpc) is 3.39. The van der Waals surface area contributed by atoms with Crippen LogP contribution in [0.1, 0.15) is 56.7 Å². The van der Waals surface area contributed by atoms with Crippen LogP contribution >= 0.6 is 15.9 Å². The average molecular weight is 413 g/mol. The number of carbonyl (C=O) groups is 1. The third-order valence-electron chi connectivity index (χ3n) is 4.91. The molecule has 0 unspecified atom stereocenters. The summed E-state index contributed by atoms with van der Waals surface area (Å²) in [5.74, 6) is 0.337. The molecule has 136 valence electrons. The molecule has 3 nitrogen and oxygen atoms in total. The first kappa shape index (κ1) is 18.8. The van der Waals surface area contributed by atoms with Crippen molar-refractivity contribution in [3.8, 4) is 0 Å². The van der Waals surface area contributed by atoms with E-state index in [9.17, 15) is 4.79 Å². The van der Waals surface area contributed by atoms with Gasteiger partial charge in [0.15, 0.2) is 0 Å². The van der Waals surface area contributed by atoms with Gasteiger partial charge >= 0.3 is 0 Å². The third-order valence-corrected chi connectivity index (χ3v) is 5.40. The predicted molar refractivity (Wildman–Crippen MR) is 110 cm³/mol.